The second-order valence-electron chi connectivity index (χ2n) is 6.27. The minimum atomic E-state index is -0.619. The quantitative estimate of drug-likeness (QED) is 0.362. The summed E-state index contributed by atoms with van der Waals surface area (Å²) in [7, 11) is 0. The molecular formula is C19H20N2O5. The summed E-state index contributed by atoms with van der Waals surface area (Å²) in [6.45, 7) is 6.01. The smallest absolute Gasteiger partial charge is 0.343 e. The minimum absolute atomic E-state index is 0.109. The highest BCUT2D eigenvalue weighted by molar-refractivity contribution is 5.93. The van der Waals surface area contributed by atoms with Gasteiger partial charge in [-0.25, -0.2) is 4.79 Å². The second-order valence-corrected chi connectivity index (χ2v) is 6.27. The Hall–Kier alpha value is -2.93. The lowest BCUT2D eigenvalue weighted by Gasteiger charge is -2.28. The molecule has 0 unspecified atom stereocenters. The summed E-state index contributed by atoms with van der Waals surface area (Å²) in [5, 5.41) is 11.5. The van der Waals surface area contributed by atoms with E-state index in [0.717, 1.165) is 11.1 Å². The standard InChI is InChI=1S/C19H20N2O5/c1-13-9-14(2)11-16(10-13)26-19(22)15-3-4-17(18(12-15)21(23)24)20-5-7-25-8-6-20/h3-4,9-12H,5-8H2,1-2H3. The lowest BCUT2D eigenvalue weighted by Crippen LogP contribution is -2.36. The van der Waals surface area contributed by atoms with E-state index in [1.807, 2.05) is 24.8 Å². The predicted molar refractivity (Wildman–Crippen MR) is 97.0 cm³/mol. The number of anilines is 1. The Bertz CT molecular complexity index is 824. The van der Waals surface area contributed by atoms with E-state index in [4.69, 9.17) is 9.47 Å². The number of nitro groups is 1. The van der Waals surface area contributed by atoms with Crippen LogP contribution in [0.4, 0.5) is 11.4 Å². The third kappa shape index (κ3) is 4.00. The third-order valence-corrected chi connectivity index (χ3v) is 4.17. The largest absolute Gasteiger partial charge is 0.423 e. The molecule has 0 aromatic heterocycles. The summed E-state index contributed by atoms with van der Waals surface area (Å²) in [5.74, 6) is -0.195. The molecule has 7 nitrogen and oxygen atoms in total. The van der Waals surface area contributed by atoms with Gasteiger partial charge in [-0.1, -0.05) is 6.07 Å². The van der Waals surface area contributed by atoms with Crippen molar-refractivity contribution in [2.24, 2.45) is 0 Å². The fourth-order valence-electron chi connectivity index (χ4n) is 3.03. The molecule has 2 aromatic rings. The molecule has 2 aromatic carbocycles. The van der Waals surface area contributed by atoms with Gasteiger partial charge in [0.15, 0.2) is 0 Å². The Kier molecular flexibility index (Phi) is 5.18. The van der Waals surface area contributed by atoms with Gasteiger partial charge in [-0.15, -0.1) is 0 Å². The number of carbonyl (C=O) groups excluding carboxylic acids is 1. The lowest BCUT2D eigenvalue weighted by molar-refractivity contribution is -0.384. The zero-order valence-corrected chi connectivity index (χ0v) is 14.7. The number of hydrogen-bond acceptors (Lipinski definition) is 6. The van der Waals surface area contributed by atoms with E-state index in [9.17, 15) is 14.9 Å². The van der Waals surface area contributed by atoms with Crippen LogP contribution in [-0.4, -0.2) is 37.2 Å². The molecule has 3 rings (SSSR count). The average molecular weight is 356 g/mol. The molecule has 0 amide bonds. The highest BCUT2D eigenvalue weighted by Gasteiger charge is 2.24. The van der Waals surface area contributed by atoms with Crippen LogP contribution < -0.4 is 9.64 Å². The van der Waals surface area contributed by atoms with Crippen molar-refractivity contribution in [3.8, 4) is 5.75 Å². The molecule has 1 aliphatic heterocycles. The number of esters is 1. The zero-order chi connectivity index (χ0) is 18.7. The molecule has 1 aliphatic rings. The maximum atomic E-state index is 12.4. The Balaban J connectivity index is 1.86. The number of benzene rings is 2. The number of morpholine rings is 1. The van der Waals surface area contributed by atoms with Gasteiger partial charge in [-0.2, -0.15) is 0 Å². The van der Waals surface area contributed by atoms with E-state index in [1.54, 1.807) is 24.3 Å². The van der Waals surface area contributed by atoms with Crippen molar-refractivity contribution in [1.29, 1.82) is 0 Å². The number of ether oxygens (including phenoxy) is 2. The average Bonchev–Trinajstić information content (AvgIpc) is 2.61. The van der Waals surface area contributed by atoms with E-state index in [-0.39, 0.29) is 11.3 Å². The maximum Gasteiger partial charge on any atom is 0.343 e. The SMILES string of the molecule is Cc1cc(C)cc(OC(=O)c2ccc(N3CCOCC3)c([N+](=O)[O-])c2)c1. The molecule has 1 saturated heterocycles. The molecule has 0 N–H and O–H groups in total. The lowest BCUT2D eigenvalue weighted by atomic mass is 10.1. The van der Waals surface area contributed by atoms with Crippen molar-refractivity contribution in [2.45, 2.75) is 13.8 Å². The molecule has 0 saturated carbocycles. The van der Waals surface area contributed by atoms with Crippen molar-refractivity contribution in [3.05, 3.63) is 63.2 Å². The van der Waals surface area contributed by atoms with Crippen molar-refractivity contribution in [1.82, 2.24) is 0 Å². The number of nitrogens with zero attached hydrogens (tertiary/aromatic N) is 2. The Morgan fingerprint density at radius 2 is 1.77 bits per heavy atom. The van der Waals surface area contributed by atoms with Gasteiger partial charge >= 0.3 is 5.97 Å². The fraction of sp³-hybridized carbons (Fsp3) is 0.316. The highest BCUT2D eigenvalue weighted by atomic mass is 16.6. The van der Waals surface area contributed by atoms with Crippen LogP contribution in [0.5, 0.6) is 5.75 Å². The van der Waals surface area contributed by atoms with E-state index in [0.29, 0.717) is 37.7 Å². The van der Waals surface area contributed by atoms with Crippen LogP contribution in [-0.2, 0) is 4.74 Å². The third-order valence-electron chi connectivity index (χ3n) is 4.17. The number of hydrogen-bond donors (Lipinski definition) is 0. The molecular weight excluding hydrogens is 336 g/mol. The topological polar surface area (TPSA) is 81.9 Å². The zero-order valence-electron chi connectivity index (χ0n) is 14.7. The van der Waals surface area contributed by atoms with Gasteiger partial charge in [0.05, 0.1) is 23.7 Å². The Morgan fingerprint density at radius 1 is 1.12 bits per heavy atom. The minimum Gasteiger partial charge on any atom is -0.423 e. The maximum absolute atomic E-state index is 12.4. The predicted octanol–water partition coefficient (Wildman–Crippen LogP) is 3.27. The highest BCUT2D eigenvalue weighted by Crippen LogP contribution is 2.30. The molecule has 1 heterocycles. The van der Waals surface area contributed by atoms with Gasteiger partial charge in [0.25, 0.3) is 5.69 Å². The number of rotatable bonds is 4. The van der Waals surface area contributed by atoms with Crippen LogP contribution in [0.3, 0.4) is 0 Å². The van der Waals surface area contributed by atoms with Crippen molar-refractivity contribution in [2.75, 3.05) is 31.2 Å². The summed E-state index contributed by atoms with van der Waals surface area (Å²) in [4.78, 5) is 25.3. The Labute approximate surface area is 151 Å². The van der Waals surface area contributed by atoms with Crippen molar-refractivity contribution < 1.29 is 19.2 Å². The first-order valence-corrected chi connectivity index (χ1v) is 8.35. The van der Waals surface area contributed by atoms with Crippen molar-refractivity contribution >= 4 is 17.3 Å². The second kappa shape index (κ2) is 7.53. The van der Waals surface area contributed by atoms with Crippen LogP contribution in [0.2, 0.25) is 0 Å². The monoisotopic (exact) mass is 356 g/mol. The van der Waals surface area contributed by atoms with Gasteiger partial charge in [-0.05, 0) is 49.2 Å². The molecule has 0 bridgehead atoms. The molecule has 26 heavy (non-hydrogen) atoms. The molecule has 0 aliphatic carbocycles. The van der Waals surface area contributed by atoms with E-state index < -0.39 is 10.9 Å². The number of aryl methyl sites for hydroxylation is 2. The molecule has 0 atom stereocenters. The molecule has 7 heteroatoms. The Morgan fingerprint density at radius 3 is 2.38 bits per heavy atom. The van der Waals surface area contributed by atoms with Crippen LogP contribution in [0.25, 0.3) is 0 Å². The van der Waals surface area contributed by atoms with E-state index >= 15 is 0 Å². The molecule has 0 radical (unpaired) electrons. The fourth-order valence-corrected chi connectivity index (χ4v) is 3.03. The molecule has 136 valence electrons. The van der Waals surface area contributed by atoms with Crippen LogP contribution >= 0.6 is 0 Å². The van der Waals surface area contributed by atoms with Crippen LogP contribution in [0.1, 0.15) is 21.5 Å². The summed E-state index contributed by atoms with van der Waals surface area (Å²) in [6.07, 6.45) is 0. The first kappa shape index (κ1) is 17.9. The summed E-state index contributed by atoms with van der Waals surface area (Å²) >= 11 is 0. The van der Waals surface area contributed by atoms with Crippen LogP contribution in [0, 0.1) is 24.0 Å². The van der Waals surface area contributed by atoms with Gasteiger partial charge in [0.2, 0.25) is 0 Å². The van der Waals surface area contributed by atoms with E-state index in [2.05, 4.69) is 0 Å². The van der Waals surface area contributed by atoms with Gasteiger partial charge in [0.1, 0.15) is 11.4 Å². The first-order valence-electron chi connectivity index (χ1n) is 8.35. The summed E-state index contributed by atoms with van der Waals surface area (Å²) in [5.41, 5.74) is 2.47. The normalized spacial score (nSPS) is 14.2. The van der Waals surface area contributed by atoms with Gasteiger partial charge in [0, 0.05) is 19.2 Å². The first-order chi connectivity index (χ1) is 12.4. The van der Waals surface area contributed by atoms with Gasteiger partial charge < -0.3 is 14.4 Å². The van der Waals surface area contributed by atoms with Crippen molar-refractivity contribution in [3.63, 3.8) is 0 Å². The molecule has 1 fully saturated rings. The summed E-state index contributed by atoms with van der Waals surface area (Å²) in [6, 6.07) is 9.91. The number of nitro benzene ring substituents is 1. The van der Waals surface area contributed by atoms with Gasteiger partial charge in [-0.3, -0.25) is 10.1 Å². The number of carbonyl (C=O) groups is 1. The van der Waals surface area contributed by atoms with Crippen LogP contribution in [0.15, 0.2) is 36.4 Å². The molecule has 0 spiro atoms. The van der Waals surface area contributed by atoms with E-state index in [1.165, 1.54) is 6.07 Å². The summed E-state index contributed by atoms with van der Waals surface area (Å²) < 4.78 is 10.7.